The fourth-order valence-corrected chi connectivity index (χ4v) is 14.4. The minimum absolute atomic E-state index is 0.122. The molecule has 0 fully saturated rings. The quantitative estimate of drug-likeness (QED) is 0.309. The zero-order chi connectivity index (χ0) is 77.6. The van der Waals surface area contributed by atoms with Crippen molar-refractivity contribution in [3.63, 3.8) is 0 Å². The lowest BCUT2D eigenvalue weighted by Crippen LogP contribution is -2.43. The van der Waals surface area contributed by atoms with E-state index in [0.717, 1.165) is 24.9 Å². The van der Waals surface area contributed by atoms with Crippen LogP contribution in [0.15, 0.2) is 94.7 Å². The number of rotatable bonds is 5. The van der Waals surface area contributed by atoms with E-state index in [4.69, 9.17) is 9.47 Å². The van der Waals surface area contributed by atoms with Gasteiger partial charge in [0.15, 0.2) is 13.0 Å². The van der Waals surface area contributed by atoms with Gasteiger partial charge in [0.2, 0.25) is 0 Å². The molecule has 0 aromatic carbocycles. The van der Waals surface area contributed by atoms with Crippen molar-refractivity contribution >= 4 is 29.7 Å². The van der Waals surface area contributed by atoms with Crippen LogP contribution in [0.1, 0.15) is 309 Å². The lowest BCUT2D eigenvalue weighted by atomic mass is 9.89. The summed E-state index contributed by atoms with van der Waals surface area (Å²) in [5, 5.41) is 8.39. The van der Waals surface area contributed by atoms with E-state index in [1.807, 2.05) is 48.4 Å². The van der Waals surface area contributed by atoms with Gasteiger partial charge in [0.25, 0.3) is 0 Å². The molecular weight excluding hydrogens is 1260 g/mol. The second kappa shape index (κ2) is 36.6. The van der Waals surface area contributed by atoms with E-state index in [0.29, 0.717) is 59.3 Å². The van der Waals surface area contributed by atoms with E-state index < -0.39 is 0 Å². The molecule has 3 unspecified atom stereocenters. The molecular formula is C84H159N11O2S2. The second-order valence-corrected chi connectivity index (χ2v) is 42.2. The van der Waals surface area contributed by atoms with Gasteiger partial charge in [0, 0.05) is 146 Å². The fraction of sp³-hybridized carbons (Fsp3) is 0.786. The highest BCUT2D eigenvalue weighted by atomic mass is 32.2. The van der Waals surface area contributed by atoms with E-state index in [2.05, 4.69) is 399 Å². The maximum atomic E-state index is 5.54. The summed E-state index contributed by atoms with van der Waals surface area (Å²) < 4.78 is 15.5. The van der Waals surface area contributed by atoms with Crippen LogP contribution >= 0.6 is 23.5 Å². The third-order valence-corrected chi connectivity index (χ3v) is 19.5. The Hall–Kier alpha value is -4.08. The first kappa shape index (κ1) is 92.9. The number of nitrogens with zero attached hydrogens (tertiary/aromatic N) is 10. The van der Waals surface area contributed by atoms with Crippen molar-refractivity contribution in [3.8, 4) is 0 Å². The highest BCUT2D eigenvalue weighted by Crippen LogP contribution is 2.41. The Balaban J connectivity index is 0.000000566. The molecule has 0 saturated carbocycles. The molecule has 0 amide bonds. The molecule has 8 rings (SSSR count). The van der Waals surface area contributed by atoms with Crippen LogP contribution in [0.4, 0.5) is 0 Å². The molecule has 13 nitrogen and oxygen atoms in total. The Bertz CT molecular complexity index is 2640. The Morgan fingerprint density at radius 3 is 1.35 bits per heavy atom. The summed E-state index contributed by atoms with van der Waals surface area (Å²) in [4.78, 5) is 23.2. The Morgan fingerprint density at radius 2 is 1.03 bits per heavy atom. The normalized spacial score (nSPS) is 19.3. The SMILES string of the molecule is CC(C)(C)C1=COCN1C(C)(C)C.CC(C)(C)c1cccn1C(C)(C)C.CC(C)(C)c1nccn1C(C)(C)C.CC(C)N1C=COC1C(C)(C)C.CC(C)N1C=CSC1C(C)(C)C.CC(C)N1CC=NC1C(C)(C)C.CC(C)N1CNC=C1C(C)(C)C.CC(C)N1CSC=C1C(C)(C)C. The number of aliphatic imine (C=N–C) groups is 1. The summed E-state index contributed by atoms with van der Waals surface area (Å²) in [5.74, 6) is 2.28. The van der Waals surface area contributed by atoms with Gasteiger partial charge < -0.3 is 48.4 Å². The third kappa shape index (κ3) is 30.3. The molecule has 1 N–H and O–H groups in total. The lowest BCUT2D eigenvalue weighted by molar-refractivity contribution is -0.0404. The Morgan fingerprint density at radius 1 is 0.515 bits per heavy atom. The van der Waals surface area contributed by atoms with Crippen LogP contribution in [0.5, 0.6) is 0 Å². The van der Waals surface area contributed by atoms with Gasteiger partial charge in [-0.2, -0.15) is 0 Å². The molecule has 2 aromatic rings. The summed E-state index contributed by atoms with van der Waals surface area (Å²) in [6, 6.07) is 7.28. The van der Waals surface area contributed by atoms with Crippen LogP contribution in [-0.2, 0) is 31.4 Å². The molecule has 0 saturated heterocycles. The molecule has 0 aliphatic carbocycles. The fourth-order valence-electron chi connectivity index (χ4n) is 11.8. The van der Waals surface area contributed by atoms with Gasteiger partial charge in [0.05, 0.1) is 23.6 Å². The standard InChI is InChI=1S/C12H21N.C11H20N2.C11H21NO.2C10H20N2.C10H19NO.2C10H19NS/c1-11(2,3)10-8-7-9-13(10)12(4,5)6;1-10(2,3)9-12-7-8-13(9)11(4,5)6;1-10(2,3)9-7-13-8-12(9)11(4,5)6;1-8(2)12-7-11-6-9(12)10(3,4)5;1-8(2)12-7-6-11-9(12)10(3,4)5;1-8(2)11-6-7-12-9(11)10(3,4)5;1-8(2)11-7-12-6-9(11)10(3,4)5;1-8(2)11-6-7-12-9(11)10(3,4)5/h7-9H,1-6H3;7-8H,1-6H3;7H,8H2,1-6H3;6,8,11H,7H2,1-5H3;6,8-9H,7H2,1-5H3;6-9H,1-5H3;6,8H,7H2,1-5H3;6-9H,1-5H3. The van der Waals surface area contributed by atoms with E-state index in [1.54, 1.807) is 6.26 Å². The van der Waals surface area contributed by atoms with Gasteiger partial charge in [0.1, 0.15) is 24.5 Å². The summed E-state index contributed by atoms with van der Waals surface area (Å²) in [5.41, 5.74) is 7.93. The van der Waals surface area contributed by atoms with Gasteiger partial charge in [-0.15, -0.1) is 23.5 Å². The molecule has 0 spiro atoms. The van der Waals surface area contributed by atoms with E-state index in [1.165, 1.54) is 22.8 Å². The van der Waals surface area contributed by atoms with Gasteiger partial charge in [-0.05, 0) is 165 Å². The number of hydrogen-bond donors (Lipinski definition) is 1. The predicted octanol–water partition coefficient (Wildman–Crippen LogP) is 22.9. The lowest BCUT2D eigenvalue weighted by Gasteiger charge is -2.38. The van der Waals surface area contributed by atoms with Crippen LogP contribution in [0.3, 0.4) is 0 Å². The number of ether oxygens (including phenoxy) is 2. The minimum Gasteiger partial charge on any atom is -0.479 e. The van der Waals surface area contributed by atoms with Gasteiger partial charge >= 0.3 is 0 Å². The molecule has 0 radical (unpaired) electrons. The number of aromatic nitrogens is 3. The first-order chi connectivity index (χ1) is 44.3. The van der Waals surface area contributed by atoms with Gasteiger partial charge in [-0.1, -0.05) is 166 Å². The maximum absolute atomic E-state index is 5.54. The van der Waals surface area contributed by atoms with E-state index in [-0.39, 0.29) is 55.3 Å². The van der Waals surface area contributed by atoms with Crippen molar-refractivity contribution in [2.24, 2.45) is 37.5 Å². The van der Waals surface area contributed by atoms with E-state index >= 15 is 0 Å². The van der Waals surface area contributed by atoms with E-state index in [9.17, 15) is 0 Å². The Labute approximate surface area is 622 Å². The molecule has 574 valence electrons. The monoisotopic (exact) mass is 1420 g/mol. The van der Waals surface area contributed by atoms with Crippen molar-refractivity contribution in [1.82, 2.24) is 48.8 Å². The second-order valence-electron chi connectivity index (χ2n) is 40.4. The number of thioether (sulfide) groups is 2. The van der Waals surface area contributed by atoms with Crippen molar-refractivity contribution in [2.75, 3.05) is 25.8 Å². The topological polar surface area (TPSA) is 85.0 Å². The highest BCUT2D eigenvalue weighted by molar-refractivity contribution is 8.03. The number of allylic oxidation sites excluding steroid dienone is 3. The van der Waals surface area contributed by atoms with Gasteiger partial charge in [-0.25, -0.2) is 4.98 Å². The maximum Gasteiger partial charge on any atom is 0.176 e. The van der Waals surface area contributed by atoms with Crippen LogP contribution in [0, 0.1) is 32.5 Å². The summed E-state index contributed by atoms with van der Waals surface area (Å²) in [6.45, 7) is 98.7. The minimum atomic E-state index is 0.122. The van der Waals surface area contributed by atoms with Crippen LogP contribution < -0.4 is 5.32 Å². The predicted molar refractivity (Wildman–Crippen MR) is 440 cm³/mol. The first-order valence-corrected chi connectivity index (χ1v) is 39.4. The van der Waals surface area contributed by atoms with Crippen molar-refractivity contribution in [2.45, 2.75) is 373 Å². The molecule has 2 aromatic heterocycles. The molecule has 3 atom stereocenters. The average molecular weight is 1420 g/mol. The summed E-state index contributed by atoms with van der Waals surface area (Å²) >= 11 is 3.84. The Kier molecular flexibility index (Phi) is 34.3. The zero-order valence-corrected chi connectivity index (χ0v) is 74.2. The van der Waals surface area contributed by atoms with Gasteiger partial charge in [-0.3, -0.25) is 9.89 Å². The molecule has 6 aliphatic heterocycles. The third-order valence-electron chi connectivity index (χ3n) is 17.2. The van der Waals surface area contributed by atoms with Crippen LogP contribution in [0.2, 0.25) is 0 Å². The van der Waals surface area contributed by atoms with Crippen molar-refractivity contribution in [3.05, 3.63) is 101 Å². The molecule has 99 heavy (non-hydrogen) atoms. The molecule has 6 aliphatic rings. The molecule has 8 heterocycles. The number of hydrogen-bond acceptors (Lipinski definition) is 13. The largest absolute Gasteiger partial charge is 0.479 e. The smallest absolute Gasteiger partial charge is 0.176 e. The van der Waals surface area contributed by atoms with Crippen molar-refractivity contribution < 1.29 is 9.47 Å². The average Bonchev–Trinajstić information content (AvgIpc) is 1.72. The summed E-state index contributed by atoms with van der Waals surface area (Å²) in [7, 11) is 0. The van der Waals surface area contributed by atoms with Crippen LogP contribution in [-0.4, -0.2) is 129 Å². The number of imidazole rings is 1. The summed E-state index contributed by atoms with van der Waals surface area (Å²) in [6.07, 6.45) is 18.8. The molecule has 0 bridgehead atoms. The zero-order valence-electron chi connectivity index (χ0n) is 72.6. The van der Waals surface area contributed by atoms with Crippen LogP contribution in [0.25, 0.3) is 0 Å². The molecule has 15 heteroatoms. The number of nitrogens with one attached hydrogen (secondary N) is 1. The first-order valence-electron chi connectivity index (χ1n) is 37.4. The van der Waals surface area contributed by atoms with Crippen molar-refractivity contribution in [1.29, 1.82) is 0 Å². The highest BCUT2D eigenvalue weighted by Gasteiger charge is 2.38.